The van der Waals surface area contributed by atoms with E-state index in [-0.39, 0.29) is 11.9 Å². The van der Waals surface area contributed by atoms with Crippen molar-refractivity contribution in [3.63, 3.8) is 0 Å². The second-order valence-corrected chi connectivity index (χ2v) is 6.23. The number of fused-ring (bicyclic) bond motifs is 1. The number of thiophene rings is 1. The number of aromatic nitrogens is 2. The number of carbonyl (C=O) groups is 1. The average Bonchev–Trinajstić information content (AvgIpc) is 3.26. The van der Waals surface area contributed by atoms with Crippen LogP contribution in [0.15, 0.2) is 40.3 Å². The first-order chi connectivity index (χ1) is 10.8. The fraction of sp³-hybridized carbons (Fsp3) is 0.250. The molecule has 4 rings (SSSR count). The fourth-order valence-corrected chi connectivity index (χ4v) is 3.86. The Hall–Kier alpha value is -2.34. The van der Waals surface area contributed by atoms with Crippen molar-refractivity contribution in [3.8, 4) is 11.5 Å². The molecule has 0 saturated carbocycles. The summed E-state index contributed by atoms with van der Waals surface area (Å²) in [6, 6.07) is 7.72. The number of furan rings is 1. The van der Waals surface area contributed by atoms with Crippen LogP contribution in [0.3, 0.4) is 0 Å². The smallest absolute Gasteiger partial charge is 0.275 e. The van der Waals surface area contributed by atoms with Crippen LogP contribution in [0.2, 0.25) is 0 Å². The number of aromatic amines is 1. The van der Waals surface area contributed by atoms with Crippen molar-refractivity contribution in [2.24, 2.45) is 0 Å². The van der Waals surface area contributed by atoms with Gasteiger partial charge in [-0.1, -0.05) is 13.0 Å². The molecule has 112 valence electrons. The summed E-state index contributed by atoms with van der Waals surface area (Å²) in [5, 5.41) is 9.27. The van der Waals surface area contributed by atoms with Gasteiger partial charge in [0.05, 0.1) is 12.3 Å². The molecule has 5 nitrogen and oxygen atoms in total. The molecule has 0 fully saturated rings. The monoisotopic (exact) mass is 313 g/mol. The highest BCUT2D eigenvalue weighted by atomic mass is 32.1. The third-order valence-electron chi connectivity index (χ3n) is 3.90. The molecule has 22 heavy (non-hydrogen) atoms. The van der Waals surface area contributed by atoms with Crippen molar-refractivity contribution in [2.75, 3.05) is 6.54 Å². The summed E-state index contributed by atoms with van der Waals surface area (Å²) in [6.07, 6.45) is 2.54. The number of nitrogens with zero attached hydrogens (tertiary/aromatic N) is 2. The molecule has 1 aliphatic rings. The van der Waals surface area contributed by atoms with Gasteiger partial charge in [0.1, 0.15) is 5.69 Å². The normalized spacial score (nSPS) is 17.2. The van der Waals surface area contributed by atoms with Gasteiger partial charge in [-0.25, -0.2) is 0 Å². The summed E-state index contributed by atoms with van der Waals surface area (Å²) in [4.78, 5) is 15.7. The van der Waals surface area contributed by atoms with Crippen LogP contribution >= 0.6 is 11.3 Å². The number of nitrogens with one attached hydrogen (secondary N) is 1. The van der Waals surface area contributed by atoms with E-state index in [0.29, 0.717) is 11.5 Å². The Balaban J connectivity index is 1.89. The molecule has 1 unspecified atom stereocenters. The third-order valence-corrected chi connectivity index (χ3v) is 4.82. The molecule has 4 heterocycles. The maximum Gasteiger partial charge on any atom is 0.275 e. The lowest BCUT2D eigenvalue weighted by Crippen LogP contribution is -2.29. The van der Waals surface area contributed by atoms with E-state index in [1.165, 1.54) is 0 Å². The van der Waals surface area contributed by atoms with Crippen molar-refractivity contribution in [3.05, 3.63) is 52.0 Å². The van der Waals surface area contributed by atoms with Crippen LogP contribution in [0.4, 0.5) is 0 Å². The molecule has 3 aromatic rings. The summed E-state index contributed by atoms with van der Waals surface area (Å²) >= 11 is 1.66. The van der Waals surface area contributed by atoms with Crippen LogP contribution < -0.4 is 0 Å². The quantitative estimate of drug-likeness (QED) is 0.799. The SMILES string of the molecule is CCCN1C(=O)c2n[nH]c(-c3ccco3)c2C1c1cccs1. The molecule has 1 N–H and O–H groups in total. The number of hydrogen-bond donors (Lipinski definition) is 1. The minimum absolute atomic E-state index is 0.00990. The molecule has 0 bridgehead atoms. The standard InChI is InChI=1S/C16H15N3O2S/c1-2-7-19-15(11-6-4-9-22-11)12-13(10-5-3-8-21-10)17-18-14(12)16(19)20/h3-6,8-9,15H,2,7H2,1H3,(H,17,18). The maximum atomic E-state index is 12.7. The molecule has 0 aliphatic carbocycles. The zero-order chi connectivity index (χ0) is 15.1. The number of H-pyrrole nitrogens is 1. The van der Waals surface area contributed by atoms with Crippen molar-refractivity contribution < 1.29 is 9.21 Å². The summed E-state index contributed by atoms with van der Waals surface area (Å²) in [6.45, 7) is 2.80. The third kappa shape index (κ3) is 1.84. The van der Waals surface area contributed by atoms with Crippen LogP contribution in [-0.2, 0) is 0 Å². The highest BCUT2D eigenvalue weighted by Crippen LogP contribution is 2.43. The molecule has 6 heteroatoms. The van der Waals surface area contributed by atoms with Gasteiger partial charge in [-0.05, 0) is 30.0 Å². The van der Waals surface area contributed by atoms with E-state index in [1.807, 2.05) is 28.5 Å². The van der Waals surface area contributed by atoms with Crippen LogP contribution in [-0.4, -0.2) is 27.5 Å². The molecule has 0 saturated heterocycles. The van der Waals surface area contributed by atoms with Crippen molar-refractivity contribution in [1.82, 2.24) is 15.1 Å². The summed E-state index contributed by atoms with van der Waals surface area (Å²) < 4.78 is 5.50. The van der Waals surface area contributed by atoms with Gasteiger partial charge in [0.2, 0.25) is 0 Å². The fourth-order valence-electron chi connectivity index (χ4n) is 3.01. The molecule has 1 aliphatic heterocycles. The van der Waals surface area contributed by atoms with Gasteiger partial charge in [-0.15, -0.1) is 11.3 Å². The minimum Gasteiger partial charge on any atom is -0.463 e. The Morgan fingerprint density at radius 1 is 1.41 bits per heavy atom. The molecule has 3 aromatic heterocycles. The van der Waals surface area contributed by atoms with Gasteiger partial charge >= 0.3 is 0 Å². The molecule has 0 radical (unpaired) electrons. The van der Waals surface area contributed by atoms with E-state index in [9.17, 15) is 4.79 Å². The average molecular weight is 313 g/mol. The van der Waals surface area contributed by atoms with Gasteiger partial charge in [-0.2, -0.15) is 5.10 Å². The second kappa shape index (κ2) is 5.14. The minimum atomic E-state index is -0.0821. The Morgan fingerprint density at radius 2 is 2.32 bits per heavy atom. The largest absolute Gasteiger partial charge is 0.463 e. The van der Waals surface area contributed by atoms with E-state index < -0.39 is 0 Å². The van der Waals surface area contributed by atoms with Gasteiger partial charge in [-0.3, -0.25) is 9.89 Å². The van der Waals surface area contributed by atoms with E-state index in [1.54, 1.807) is 17.6 Å². The molecule has 1 atom stereocenters. The Morgan fingerprint density at radius 3 is 3.00 bits per heavy atom. The van der Waals surface area contributed by atoms with E-state index in [0.717, 1.165) is 29.1 Å². The molecule has 1 amide bonds. The number of amides is 1. The first-order valence-corrected chi connectivity index (χ1v) is 8.15. The zero-order valence-electron chi connectivity index (χ0n) is 12.1. The van der Waals surface area contributed by atoms with E-state index in [2.05, 4.69) is 23.2 Å². The van der Waals surface area contributed by atoms with Gasteiger partial charge in [0.15, 0.2) is 11.5 Å². The number of carbonyl (C=O) groups excluding carboxylic acids is 1. The van der Waals surface area contributed by atoms with Crippen molar-refractivity contribution in [2.45, 2.75) is 19.4 Å². The van der Waals surface area contributed by atoms with Gasteiger partial charge in [0.25, 0.3) is 5.91 Å². The second-order valence-electron chi connectivity index (χ2n) is 5.25. The lowest BCUT2D eigenvalue weighted by molar-refractivity contribution is 0.0746. The highest BCUT2D eigenvalue weighted by molar-refractivity contribution is 7.10. The molecule has 0 aromatic carbocycles. The van der Waals surface area contributed by atoms with E-state index >= 15 is 0 Å². The number of hydrogen-bond acceptors (Lipinski definition) is 4. The molecule has 0 spiro atoms. The lowest BCUT2D eigenvalue weighted by atomic mass is 10.0. The van der Waals surface area contributed by atoms with Gasteiger partial charge < -0.3 is 9.32 Å². The first-order valence-electron chi connectivity index (χ1n) is 7.27. The molecular weight excluding hydrogens is 298 g/mol. The Labute approximate surface area is 131 Å². The van der Waals surface area contributed by atoms with Crippen molar-refractivity contribution >= 4 is 17.2 Å². The van der Waals surface area contributed by atoms with Crippen LogP contribution in [0, 0.1) is 0 Å². The maximum absolute atomic E-state index is 12.7. The van der Waals surface area contributed by atoms with Crippen LogP contribution in [0.25, 0.3) is 11.5 Å². The lowest BCUT2D eigenvalue weighted by Gasteiger charge is -2.24. The zero-order valence-corrected chi connectivity index (χ0v) is 12.9. The summed E-state index contributed by atoms with van der Waals surface area (Å²) in [5.41, 5.74) is 2.24. The highest BCUT2D eigenvalue weighted by Gasteiger charge is 2.42. The molecular formula is C16H15N3O2S. The van der Waals surface area contributed by atoms with Crippen LogP contribution in [0.5, 0.6) is 0 Å². The van der Waals surface area contributed by atoms with E-state index in [4.69, 9.17) is 4.42 Å². The Bertz CT molecular complexity index is 790. The van der Waals surface area contributed by atoms with Gasteiger partial charge in [0, 0.05) is 17.0 Å². The summed E-state index contributed by atoms with van der Waals surface area (Å²) in [5.74, 6) is 0.700. The number of rotatable bonds is 4. The predicted octanol–water partition coefficient (Wildman–Crippen LogP) is 3.69. The summed E-state index contributed by atoms with van der Waals surface area (Å²) in [7, 11) is 0. The predicted molar refractivity (Wildman–Crippen MR) is 83.8 cm³/mol. The first kappa shape index (κ1) is 13.3. The van der Waals surface area contributed by atoms with Crippen molar-refractivity contribution in [1.29, 1.82) is 0 Å². The van der Waals surface area contributed by atoms with Crippen LogP contribution in [0.1, 0.15) is 40.3 Å². The Kier molecular flexibility index (Phi) is 3.11. The topological polar surface area (TPSA) is 62.1 Å².